The van der Waals surface area contributed by atoms with E-state index in [0.717, 1.165) is 45.4 Å². The van der Waals surface area contributed by atoms with Gasteiger partial charge in [0.15, 0.2) is 0 Å². The maximum absolute atomic E-state index is 11.9. The fourth-order valence-corrected chi connectivity index (χ4v) is 2.64. The zero-order valence-electron chi connectivity index (χ0n) is 12.7. The lowest BCUT2D eigenvalue weighted by molar-refractivity contribution is -0.130. The van der Waals surface area contributed by atoms with E-state index in [9.17, 15) is 4.79 Å². The summed E-state index contributed by atoms with van der Waals surface area (Å²) in [6.45, 7) is 7.81. The third kappa shape index (κ3) is 4.34. The molecule has 1 saturated heterocycles. The molecule has 0 radical (unpaired) electrons. The van der Waals surface area contributed by atoms with Crippen LogP contribution in [0.3, 0.4) is 0 Å². The van der Waals surface area contributed by atoms with Gasteiger partial charge in [-0.3, -0.25) is 4.79 Å². The molecule has 1 N–H and O–H groups in total. The molecule has 0 aromatic heterocycles. The monoisotopic (exact) mass is 274 g/mol. The molecule has 1 amide bonds. The number of carbonyl (C=O) groups excluding carboxylic acids is 1. The van der Waals surface area contributed by atoms with Crippen LogP contribution in [-0.2, 0) is 11.3 Å². The number of nitrogens with one attached hydrogen (secondary N) is 1. The van der Waals surface area contributed by atoms with E-state index in [1.165, 1.54) is 23.1 Å². The fourth-order valence-electron chi connectivity index (χ4n) is 2.64. The Morgan fingerprint density at radius 2 is 2.00 bits per heavy atom. The van der Waals surface area contributed by atoms with Gasteiger partial charge in [-0.15, -0.1) is 0 Å². The maximum Gasteiger partial charge on any atom is 0.222 e. The van der Waals surface area contributed by atoms with Crippen molar-refractivity contribution >= 4 is 5.91 Å². The minimum Gasteiger partial charge on any atom is -0.341 e. The summed E-state index contributed by atoms with van der Waals surface area (Å²) in [5.41, 5.74) is 3.99. The highest BCUT2D eigenvalue weighted by Gasteiger charge is 2.15. The lowest BCUT2D eigenvalue weighted by Gasteiger charge is -2.20. The number of likely N-dealkylation sites (tertiary alicyclic amines) is 1. The van der Waals surface area contributed by atoms with Crippen molar-refractivity contribution in [2.75, 3.05) is 19.6 Å². The first kappa shape index (κ1) is 15.0. The van der Waals surface area contributed by atoms with Crippen molar-refractivity contribution in [2.45, 2.75) is 46.1 Å². The number of benzene rings is 1. The first-order valence-corrected chi connectivity index (χ1v) is 7.71. The number of amides is 1. The van der Waals surface area contributed by atoms with E-state index in [0.29, 0.717) is 5.91 Å². The summed E-state index contributed by atoms with van der Waals surface area (Å²) in [4.78, 5) is 13.9. The lowest BCUT2D eigenvalue weighted by atomic mass is 10.1. The van der Waals surface area contributed by atoms with E-state index in [1.807, 2.05) is 4.90 Å². The molecule has 1 heterocycles. The zero-order valence-corrected chi connectivity index (χ0v) is 12.7. The molecule has 110 valence electrons. The minimum atomic E-state index is 0.329. The lowest BCUT2D eigenvalue weighted by Crippen LogP contribution is -2.36. The van der Waals surface area contributed by atoms with Gasteiger partial charge < -0.3 is 10.2 Å². The van der Waals surface area contributed by atoms with Gasteiger partial charge in [0.1, 0.15) is 0 Å². The highest BCUT2D eigenvalue weighted by Crippen LogP contribution is 2.11. The smallest absolute Gasteiger partial charge is 0.222 e. The second kappa shape index (κ2) is 7.44. The van der Waals surface area contributed by atoms with E-state index in [4.69, 9.17) is 0 Å². The topological polar surface area (TPSA) is 32.3 Å². The van der Waals surface area contributed by atoms with Crippen molar-refractivity contribution in [3.8, 4) is 0 Å². The van der Waals surface area contributed by atoms with E-state index in [1.54, 1.807) is 0 Å². The molecular weight excluding hydrogens is 248 g/mol. The Morgan fingerprint density at radius 3 is 2.80 bits per heavy atom. The van der Waals surface area contributed by atoms with Crippen molar-refractivity contribution in [1.29, 1.82) is 0 Å². The molecule has 2 rings (SSSR count). The van der Waals surface area contributed by atoms with E-state index in [2.05, 4.69) is 37.4 Å². The molecule has 0 unspecified atom stereocenters. The average molecular weight is 274 g/mol. The summed E-state index contributed by atoms with van der Waals surface area (Å²) >= 11 is 0. The second-order valence-corrected chi connectivity index (χ2v) is 5.79. The molecule has 0 atom stereocenters. The zero-order chi connectivity index (χ0) is 14.4. The largest absolute Gasteiger partial charge is 0.341 e. The van der Waals surface area contributed by atoms with Crippen LogP contribution in [0.2, 0.25) is 0 Å². The van der Waals surface area contributed by atoms with Crippen LogP contribution >= 0.6 is 0 Å². The number of nitrogens with zero attached hydrogens (tertiary/aromatic N) is 1. The van der Waals surface area contributed by atoms with Gasteiger partial charge in [0.05, 0.1) is 0 Å². The molecule has 1 aliphatic rings. The van der Waals surface area contributed by atoms with E-state index in [-0.39, 0.29) is 0 Å². The molecule has 1 fully saturated rings. The van der Waals surface area contributed by atoms with Crippen LogP contribution in [0.1, 0.15) is 42.4 Å². The molecule has 0 bridgehead atoms. The van der Waals surface area contributed by atoms with Gasteiger partial charge in [0, 0.05) is 32.6 Å². The van der Waals surface area contributed by atoms with Crippen LogP contribution in [0, 0.1) is 13.8 Å². The molecule has 0 spiro atoms. The standard InChI is InChI=1S/C17H26N2O/c1-14-7-8-16(12-15(14)2)13-18-9-11-19-10-5-3-4-6-17(19)20/h7-8,12,18H,3-6,9-11,13H2,1-2H3. The SMILES string of the molecule is Cc1ccc(CNCCN2CCCCCC2=O)cc1C. The summed E-state index contributed by atoms with van der Waals surface area (Å²) in [6, 6.07) is 6.58. The van der Waals surface area contributed by atoms with E-state index >= 15 is 0 Å². The van der Waals surface area contributed by atoms with Gasteiger partial charge in [-0.25, -0.2) is 0 Å². The minimum absolute atomic E-state index is 0.329. The van der Waals surface area contributed by atoms with Gasteiger partial charge in [0.2, 0.25) is 5.91 Å². The van der Waals surface area contributed by atoms with Gasteiger partial charge in [-0.05, 0) is 43.4 Å². The van der Waals surface area contributed by atoms with Crippen molar-refractivity contribution in [3.63, 3.8) is 0 Å². The Balaban J connectivity index is 1.72. The molecule has 3 heteroatoms. The number of hydrogen-bond acceptors (Lipinski definition) is 2. The molecule has 1 aromatic rings. The van der Waals surface area contributed by atoms with Crippen LogP contribution < -0.4 is 5.32 Å². The van der Waals surface area contributed by atoms with Crippen molar-refractivity contribution in [1.82, 2.24) is 10.2 Å². The van der Waals surface area contributed by atoms with Gasteiger partial charge in [0.25, 0.3) is 0 Å². The molecule has 3 nitrogen and oxygen atoms in total. The Hall–Kier alpha value is -1.35. The van der Waals surface area contributed by atoms with Gasteiger partial charge in [-0.1, -0.05) is 24.6 Å². The predicted octanol–water partition coefficient (Wildman–Crippen LogP) is 2.80. The van der Waals surface area contributed by atoms with E-state index < -0.39 is 0 Å². The molecule has 0 aliphatic carbocycles. The first-order valence-electron chi connectivity index (χ1n) is 7.71. The molecular formula is C17H26N2O. The summed E-state index contributed by atoms with van der Waals surface area (Å²) < 4.78 is 0. The molecule has 1 aliphatic heterocycles. The first-order chi connectivity index (χ1) is 9.66. The number of rotatable bonds is 5. The Kier molecular flexibility index (Phi) is 5.60. The van der Waals surface area contributed by atoms with Crippen LogP contribution in [0.5, 0.6) is 0 Å². The summed E-state index contributed by atoms with van der Waals surface area (Å²) in [7, 11) is 0. The average Bonchev–Trinajstić information content (AvgIpc) is 2.64. The quantitative estimate of drug-likeness (QED) is 0.837. The maximum atomic E-state index is 11.9. The van der Waals surface area contributed by atoms with Gasteiger partial charge >= 0.3 is 0 Å². The number of carbonyl (C=O) groups is 1. The highest BCUT2D eigenvalue weighted by molar-refractivity contribution is 5.76. The Morgan fingerprint density at radius 1 is 1.15 bits per heavy atom. The molecule has 0 saturated carbocycles. The normalized spacial score (nSPS) is 16.3. The predicted molar refractivity (Wildman–Crippen MR) is 82.7 cm³/mol. The fraction of sp³-hybridized carbons (Fsp3) is 0.588. The Bertz CT molecular complexity index is 456. The van der Waals surface area contributed by atoms with Crippen LogP contribution in [0.15, 0.2) is 18.2 Å². The third-order valence-corrected chi connectivity index (χ3v) is 4.13. The third-order valence-electron chi connectivity index (χ3n) is 4.13. The van der Waals surface area contributed by atoms with Crippen molar-refractivity contribution in [2.24, 2.45) is 0 Å². The van der Waals surface area contributed by atoms with Gasteiger partial charge in [-0.2, -0.15) is 0 Å². The Labute approximate surface area is 122 Å². The molecule has 1 aromatic carbocycles. The summed E-state index contributed by atoms with van der Waals surface area (Å²) in [5.74, 6) is 0.329. The second-order valence-electron chi connectivity index (χ2n) is 5.79. The molecule has 20 heavy (non-hydrogen) atoms. The number of aryl methyl sites for hydroxylation is 2. The van der Waals surface area contributed by atoms with Crippen LogP contribution in [0.25, 0.3) is 0 Å². The van der Waals surface area contributed by atoms with Crippen molar-refractivity contribution in [3.05, 3.63) is 34.9 Å². The highest BCUT2D eigenvalue weighted by atomic mass is 16.2. The van der Waals surface area contributed by atoms with Crippen LogP contribution in [-0.4, -0.2) is 30.4 Å². The summed E-state index contributed by atoms with van der Waals surface area (Å²) in [5, 5.41) is 3.44. The number of hydrogen-bond donors (Lipinski definition) is 1. The van der Waals surface area contributed by atoms with Crippen molar-refractivity contribution < 1.29 is 4.79 Å². The summed E-state index contributed by atoms with van der Waals surface area (Å²) in [6.07, 6.45) is 4.14. The van der Waals surface area contributed by atoms with Crippen LogP contribution in [0.4, 0.5) is 0 Å².